The number of aryl methyl sites for hydroxylation is 2. The number of aromatic nitrogens is 2. The molecule has 0 spiro atoms. The smallest absolute Gasteiger partial charge is 0.328 e. The van der Waals surface area contributed by atoms with Gasteiger partial charge in [-0.05, 0) is 38.5 Å². The average Bonchev–Trinajstić information content (AvgIpc) is 2.92. The van der Waals surface area contributed by atoms with E-state index in [4.69, 9.17) is 16.3 Å². The van der Waals surface area contributed by atoms with E-state index in [0.29, 0.717) is 11.6 Å². The first-order valence-electron chi connectivity index (χ1n) is 8.71. The summed E-state index contributed by atoms with van der Waals surface area (Å²) < 4.78 is 6.96. The van der Waals surface area contributed by atoms with Crippen LogP contribution in [0.25, 0.3) is 5.69 Å². The molecular formula is C19H22ClN3O4. The van der Waals surface area contributed by atoms with E-state index in [2.05, 4.69) is 5.10 Å². The lowest BCUT2D eigenvalue weighted by Crippen LogP contribution is -2.53. The van der Waals surface area contributed by atoms with Crippen molar-refractivity contribution in [1.82, 2.24) is 14.7 Å². The van der Waals surface area contributed by atoms with Gasteiger partial charge in [-0.2, -0.15) is 5.10 Å². The maximum atomic E-state index is 12.8. The second kappa shape index (κ2) is 7.70. The Morgan fingerprint density at radius 1 is 1.33 bits per heavy atom. The molecule has 7 nitrogen and oxygen atoms in total. The van der Waals surface area contributed by atoms with Gasteiger partial charge in [-0.1, -0.05) is 17.7 Å². The molecular weight excluding hydrogens is 370 g/mol. The molecule has 1 aliphatic heterocycles. The van der Waals surface area contributed by atoms with Crippen molar-refractivity contribution in [3.05, 3.63) is 45.7 Å². The third-order valence-electron chi connectivity index (χ3n) is 4.90. The molecule has 2 aromatic rings. The average molecular weight is 392 g/mol. The molecule has 1 amide bonds. The Hall–Kier alpha value is -2.38. The third-order valence-corrected chi connectivity index (χ3v) is 5.31. The zero-order valence-electron chi connectivity index (χ0n) is 15.5. The van der Waals surface area contributed by atoms with Crippen LogP contribution in [0.3, 0.4) is 0 Å². The van der Waals surface area contributed by atoms with Crippen LogP contribution in [0.4, 0.5) is 0 Å². The Labute approximate surface area is 162 Å². The van der Waals surface area contributed by atoms with Crippen molar-refractivity contribution in [2.24, 2.45) is 0 Å². The van der Waals surface area contributed by atoms with E-state index in [0.717, 1.165) is 28.2 Å². The number of amides is 1. The Balaban J connectivity index is 1.87. The van der Waals surface area contributed by atoms with Crippen LogP contribution in [-0.2, 0) is 20.7 Å². The summed E-state index contributed by atoms with van der Waals surface area (Å²) in [6.45, 7) is 6.29. The molecule has 1 atom stereocenters. The highest BCUT2D eigenvalue weighted by molar-refractivity contribution is 6.31. The maximum absolute atomic E-state index is 12.8. The zero-order valence-corrected chi connectivity index (χ0v) is 16.3. The Morgan fingerprint density at radius 3 is 2.74 bits per heavy atom. The molecule has 8 heteroatoms. The number of rotatable bonds is 4. The van der Waals surface area contributed by atoms with E-state index in [-0.39, 0.29) is 25.5 Å². The van der Waals surface area contributed by atoms with E-state index in [1.807, 2.05) is 39.0 Å². The van der Waals surface area contributed by atoms with Gasteiger partial charge in [0.05, 0.1) is 31.0 Å². The molecule has 1 aromatic heterocycles. The van der Waals surface area contributed by atoms with Crippen LogP contribution >= 0.6 is 11.6 Å². The first-order valence-corrected chi connectivity index (χ1v) is 9.09. The van der Waals surface area contributed by atoms with Gasteiger partial charge in [-0.15, -0.1) is 0 Å². The summed E-state index contributed by atoms with van der Waals surface area (Å²) in [5.74, 6) is -1.29. The number of carbonyl (C=O) groups excluding carboxylic acids is 1. The summed E-state index contributed by atoms with van der Waals surface area (Å²) in [5.41, 5.74) is 4.16. The highest BCUT2D eigenvalue weighted by Gasteiger charge is 2.33. The molecule has 0 radical (unpaired) electrons. The second-order valence-electron chi connectivity index (χ2n) is 6.69. The number of carboxylic acid groups (broad SMARTS) is 1. The number of carboxylic acids is 1. The number of benzene rings is 1. The highest BCUT2D eigenvalue weighted by atomic mass is 35.5. The standard InChI is InChI=1S/C19H22ClN3O4/c1-11-4-5-14(8-16(11)20)23-13(3)15(12(2)21-23)9-18(24)22-6-7-27-10-17(22)19(25)26/h4-5,8,17H,6-7,9-10H2,1-3H3,(H,25,26)/t17-/m0/s1. The maximum Gasteiger partial charge on any atom is 0.328 e. The third kappa shape index (κ3) is 3.84. The summed E-state index contributed by atoms with van der Waals surface area (Å²) in [7, 11) is 0. The molecule has 1 N–H and O–H groups in total. The van der Waals surface area contributed by atoms with Gasteiger partial charge in [0.1, 0.15) is 0 Å². The number of hydrogen-bond donors (Lipinski definition) is 1. The van der Waals surface area contributed by atoms with E-state index < -0.39 is 12.0 Å². The van der Waals surface area contributed by atoms with Crippen LogP contribution in [0.1, 0.15) is 22.5 Å². The molecule has 2 heterocycles. The van der Waals surface area contributed by atoms with Gasteiger partial charge in [0.25, 0.3) is 0 Å². The summed E-state index contributed by atoms with van der Waals surface area (Å²) in [5, 5.41) is 14.5. The molecule has 144 valence electrons. The molecule has 1 fully saturated rings. The fourth-order valence-electron chi connectivity index (χ4n) is 3.26. The van der Waals surface area contributed by atoms with Crippen molar-refractivity contribution < 1.29 is 19.4 Å². The second-order valence-corrected chi connectivity index (χ2v) is 7.09. The van der Waals surface area contributed by atoms with Gasteiger partial charge in [-0.25, -0.2) is 9.48 Å². The van der Waals surface area contributed by atoms with Gasteiger partial charge in [-0.3, -0.25) is 4.79 Å². The van der Waals surface area contributed by atoms with E-state index in [1.54, 1.807) is 4.68 Å². The number of carbonyl (C=O) groups is 2. The van der Waals surface area contributed by atoms with E-state index in [1.165, 1.54) is 4.90 Å². The molecule has 0 aliphatic carbocycles. The van der Waals surface area contributed by atoms with Crippen molar-refractivity contribution in [3.8, 4) is 5.69 Å². The fourth-order valence-corrected chi connectivity index (χ4v) is 3.43. The number of halogens is 1. The van der Waals surface area contributed by atoms with E-state index in [9.17, 15) is 14.7 Å². The largest absolute Gasteiger partial charge is 0.480 e. The Morgan fingerprint density at radius 2 is 2.07 bits per heavy atom. The predicted molar refractivity (Wildman–Crippen MR) is 100 cm³/mol. The minimum atomic E-state index is -1.05. The Kier molecular flexibility index (Phi) is 5.53. The molecule has 0 saturated carbocycles. The minimum absolute atomic E-state index is 0.0141. The quantitative estimate of drug-likeness (QED) is 0.864. The van der Waals surface area contributed by atoms with Crippen LogP contribution < -0.4 is 0 Å². The number of morpholine rings is 1. The number of ether oxygens (including phenoxy) is 1. The summed E-state index contributed by atoms with van der Waals surface area (Å²) in [6, 6.07) is 4.74. The molecule has 3 rings (SSSR count). The van der Waals surface area contributed by atoms with Gasteiger partial charge < -0.3 is 14.7 Å². The van der Waals surface area contributed by atoms with Crippen LogP contribution in [0.2, 0.25) is 5.02 Å². The van der Waals surface area contributed by atoms with Crippen molar-refractivity contribution in [3.63, 3.8) is 0 Å². The molecule has 0 unspecified atom stereocenters. The van der Waals surface area contributed by atoms with Crippen LogP contribution in [0.5, 0.6) is 0 Å². The predicted octanol–water partition coefficient (Wildman–Crippen LogP) is 2.31. The number of hydrogen-bond acceptors (Lipinski definition) is 4. The van der Waals surface area contributed by atoms with Crippen molar-refractivity contribution in [1.29, 1.82) is 0 Å². The van der Waals surface area contributed by atoms with Crippen molar-refractivity contribution >= 4 is 23.5 Å². The summed E-state index contributed by atoms with van der Waals surface area (Å²) in [4.78, 5) is 25.6. The lowest BCUT2D eigenvalue weighted by atomic mass is 10.1. The molecule has 27 heavy (non-hydrogen) atoms. The van der Waals surface area contributed by atoms with E-state index >= 15 is 0 Å². The first-order chi connectivity index (χ1) is 12.8. The summed E-state index contributed by atoms with van der Waals surface area (Å²) in [6.07, 6.45) is 0.0983. The van der Waals surface area contributed by atoms with Crippen molar-refractivity contribution in [2.45, 2.75) is 33.2 Å². The first kappa shape index (κ1) is 19.4. The number of nitrogens with zero attached hydrogens (tertiary/aromatic N) is 3. The Bertz CT molecular complexity index is 893. The molecule has 1 saturated heterocycles. The number of aliphatic carboxylic acids is 1. The monoisotopic (exact) mass is 391 g/mol. The van der Waals surface area contributed by atoms with Gasteiger partial charge >= 0.3 is 5.97 Å². The molecule has 1 aliphatic rings. The lowest BCUT2D eigenvalue weighted by molar-refractivity contribution is -0.158. The molecule has 1 aromatic carbocycles. The lowest BCUT2D eigenvalue weighted by Gasteiger charge is -2.33. The minimum Gasteiger partial charge on any atom is -0.480 e. The van der Waals surface area contributed by atoms with Crippen molar-refractivity contribution in [2.75, 3.05) is 19.8 Å². The van der Waals surface area contributed by atoms with Crippen LogP contribution in [0.15, 0.2) is 18.2 Å². The summed E-state index contributed by atoms with van der Waals surface area (Å²) >= 11 is 6.22. The van der Waals surface area contributed by atoms with Gasteiger partial charge in [0, 0.05) is 22.8 Å². The van der Waals surface area contributed by atoms with Crippen LogP contribution in [-0.4, -0.2) is 57.5 Å². The zero-order chi connectivity index (χ0) is 19.7. The SMILES string of the molecule is Cc1ccc(-n2nc(C)c(CC(=O)N3CCOC[C@H]3C(=O)O)c2C)cc1Cl. The van der Waals surface area contributed by atoms with Gasteiger partial charge in [0.15, 0.2) is 6.04 Å². The molecule has 0 bridgehead atoms. The normalized spacial score (nSPS) is 17.2. The topological polar surface area (TPSA) is 84.7 Å². The fraction of sp³-hybridized carbons (Fsp3) is 0.421. The highest BCUT2D eigenvalue weighted by Crippen LogP contribution is 2.23. The van der Waals surface area contributed by atoms with Gasteiger partial charge in [0.2, 0.25) is 5.91 Å². The van der Waals surface area contributed by atoms with Crippen LogP contribution in [0, 0.1) is 20.8 Å².